The quantitative estimate of drug-likeness (QED) is 0.591. The number of Topliss-reactive ketones (excluding diaryl/α,β-unsaturated/α-hetero) is 1. The van der Waals surface area contributed by atoms with Gasteiger partial charge >= 0.3 is 0 Å². The van der Waals surface area contributed by atoms with Gasteiger partial charge in [0.25, 0.3) is 0 Å². The minimum atomic E-state index is -0.152. The summed E-state index contributed by atoms with van der Waals surface area (Å²) in [6.45, 7) is 5.63. The molecule has 0 aliphatic carbocycles. The van der Waals surface area contributed by atoms with E-state index in [1.165, 1.54) is 0 Å². The second-order valence-corrected chi connectivity index (χ2v) is 4.60. The molecule has 0 heterocycles. The van der Waals surface area contributed by atoms with E-state index in [2.05, 4.69) is 4.99 Å². The number of aliphatic imine (C=N–C) groups is 1. The van der Waals surface area contributed by atoms with Crippen LogP contribution in [0.25, 0.3) is 0 Å². The molecule has 1 atom stereocenters. The highest BCUT2D eigenvalue weighted by molar-refractivity contribution is 5.81. The van der Waals surface area contributed by atoms with Crippen LogP contribution >= 0.6 is 0 Å². The largest absolute Gasteiger partial charge is 0.484 e. The minimum absolute atomic E-state index is 0.0364. The Labute approximate surface area is 109 Å². The molecule has 3 nitrogen and oxygen atoms in total. The van der Waals surface area contributed by atoms with Crippen molar-refractivity contribution in [3.63, 3.8) is 0 Å². The SMILES string of the molecule is COC(C)=NC(CC(=O)C(C)C)c1ccccc1. The van der Waals surface area contributed by atoms with Gasteiger partial charge < -0.3 is 4.74 Å². The molecule has 0 fully saturated rings. The van der Waals surface area contributed by atoms with Crippen molar-refractivity contribution in [1.29, 1.82) is 0 Å². The van der Waals surface area contributed by atoms with Crippen LogP contribution < -0.4 is 0 Å². The Hall–Kier alpha value is -1.64. The van der Waals surface area contributed by atoms with Gasteiger partial charge in [-0.25, -0.2) is 4.99 Å². The second-order valence-electron chi connectivity index (χ2n) is 4.60. The van der Waals surface area contributed by atoms with Crippen molar-refractivity contribution in [3.8, 4) is 0 Å². The van der Waals surface area contributed by atoms with E-state index >= 15 is 0 Å². The van der Waals surface area contributed by atoms with Crippen LogP contribution in [0.15, 0.2) is 35.3 Å². The predicted octanol–water partition coefficient (Wildman–Crippen LogP) is 3.41. The third kappa shape index (κ3) is 4.32. The first-order valence-corrected chi connectivity index (χ1v) is 6.20. The van der Waals surface area contributed by atoms with Crippen LogP contribution in [0.4, 0.5) is 0 Å². The molecule has 0 saturated carbocycles. The lowest BCUT2D eigenvalue weighted by Crippen LogP contribution is -2.12. The molecular formula is C15H21NO2. The number of rotatable bonds is 5. The Bertz CT molecular complexity index is 410. The number of nitrogens with zero attached hydrogens (tertiary/aromatic N) is 1. The number of hydrogen-bond acceptors (Lipinski definition) is 3. The molecule has 1 aromatic rings. The number of benzene rings is 1. The van der Waals surface area contributed by atoms with E-state index in [-0.39, 0.29) is 17.7 Å². The van der Waals surface area contributed by atoms with E-state index in [9.17, 15) is 4.79 Å². The first-order valence-electron chi connectivity index (χ1n) is 6.20. The Morgan fingerprint density at radius 3 is 2.39 bits per heavy atom. The van der Waals surface area contributed by atoms with Gasteiger partial charge in [-0.1, -0.05) is 44.2 Å². The van der Waals surface area contributed by atoms with Crippen LogP contribution in [0, 0.1) is 5.92 Å². The number of carbonyl (C=O) groups excluding carboxylic acids is 1. The lowest BCUT2D eigenvalue weighted by molar-refractivity contribution is -0.122. The topological polar surface area (TPSA) is 38.7 Å². The van der Waals surface area contributed by atoms with Crippen LogP contribution in [0.2, 0.25) is 0 Å². The van der Waals surface area contributed by atoms with E-state index in [1.54, 1.807) is 14.0 Å². The average Bonchev–Trinajstić information content (AvgIpc) is 2.38. The third-order valence-electron chi connectivity index (χ3n) is 2.86. The fourth-order valence-corrected chi connectivity index (χ4v) is 1.61. The zero-order valence-corrected chi connectivity index (χ0v) is 11.5. The molecule has 98 valence electrons. The van der Waals surface area contributed by atoms with Crippen LogP contribution in [-0.4, -0.2) is 18.8 Å². The molecule has 1 aromatic carbocycles. The van der Waals surface area contributed by atoms with E-state index in [0.29, 0.717) is 12.3 Å². The van der Waals surface area contributed by atoms with Crippen molar-refractivity contribution in [3.05, 3.63) is 35.9 Å². The second kappa shape index (κ2) is 6.94. The van der Waals surface area contributed by atoms with Gasteiger partial charge in [0.05, 0.1) is 13.2 Å². The molecule has 1 unspecified atom stereocenters. The number of carbonyl (C=O) groups is 1. The normalized spacial score (nSPS) is 13.5. The van der Waals surface area contributed by atoms with E-state index in [0.717, 1.165) is 5.56 Å². The fourth-order valence-electron chi connectivity index (χ4n) is 1.61. The molecule has 0 spiro atoms. The van der Waals surface area contributed by atoms with Crippen molar-refractivity contribution >= 4 is 11.7 Å². The summed E-state index contributed by atoms with van der Waals surface area (Å²) in [5.41, 5.74) is 1.04. The molecular weight excluding hydrogens is 226 g/mol. The number of ether oxygens (including phenoxy) is 1. The molecule has 0 amide bonds. The molecule has 1 rings (SSSR count). The molecule has 0 saturated heterocycles. The highest BCUT2D eigenvalue weighted by Gasteiger charge is 2.17. The van der Waals surface area contributed by atoms with Crippen molar-refractivity contribution in [2.45, 2.75) is 33.2 Å². The fraction of sp³-hybridized carbons (Fsp3) is 0.467. The number of methoxy groups -OCH3 is 1. The summed E-state index contributed by atoms with van der Waals surface area (Å²) >= 11 is 0. The maximum absolute atomic E-state index is 11.9. The van der Waals surface area contributed by atoms with Crippen LogP contribution in [-0.2, 0) is 9.53 Å². The predicted molar refractivity (Wildman–Crippen MR) is 73.8 cm³/mol. The Morgan fingerprint density at radius 2 is 1.89 bits per heavy atom. The monoisotopic (exact) mass is 247 g/mol. The zero-order chi connectivity index (χ0) is 13.5. The van der Waals surface area contributed by atoms with Crippen molar-refractivity contribution in [2.24, 2.45) is 10.9 Å². The van der Waals surface area contributed by atoms with Crippen LogP contribution in [0.5, 0.6) is 0 Å². The highest BCUT2D eigenvalue weighted by atomic mass is 16.5. The van der Waals surface area contributed by atoms with Crippen molar-refractivity contribution in [1.82, 2.24) is 0 Å². The summed E-state index contributed by atoms with van der Waals surface area (Å²) in [6, 6.07) is 9.70. The molecule has 0 aromatic heterocycles. The lowest BCUT2D eigenvalue weighted by atomic mass is 9.97. The Morgan fingerprint density at radius 1 is 1.28 bits per heavy atom. The van der Waals surface area contributed by atoms with E-state index in [4.69, 9.17) is 4.74 Å². The van der Waals surface area contributed by atoms with Gasteiger partial charge in [0, 0.05) is 19.3 Å². The number of ketones is 1. The molecule has 0 aliphatic rings. The van der Waals surface area contributed by atoms with E-state index in [1.807, 2.05) is 44.2 Å². The molecule has 0 aliphatic heterocycles. The molecule has 0 bridgehead atoms. The van der Waals surface area contributed by atoms with Crippen molar-refractivity contribution in [2.75, 3.05) is 7.11 Å². The molecule has 3 heteroatoms. The first-order chi connectivity index (χ1) is 8.54. The maximum atomic E-state index is 11.9. The molecule has 18 heavy (non-hydrogen) atoms. The summed E-state index contributed by atoms with van der Waals surface area (Å²) in [5, 5.41) is 0. The maximum Gasteiger partial charge on any atom is 0.180 e. The van der Waals surface area contributed by atoms with Gasteiger partial charge in [-0.15, -0.1) is 0 Å². The minimum Gasteiger partial charge on any atom is -0.484 e. The van der Waals surface area contributed by atoms with Gasteiger partial charge in [-0.2, -0.15) is 0 Å². The Kier molecular flexibility index (Phi) is 5.56. The summed E-state index contributed by atoms with van der Waals surface area (Å²) in [5.74, 6) is 0.853. The standard InChI is InChI=1S/C15H21NO2/c1-11(2)15(17)10-14(16-12(3)18-4)13-8-6-5-7-9-13/h5-9,11,14H,10H2,1-4H3. The van der Waals surface area contributed by atoms with Gasteiger partial charge in [-0.05, 0) is 5.56 Å². The van der Waals surface area contributed by atoms with Gasteiger partial charge in [0.15, 0.2) is 5.90 Å². The number of hydrogen-bond donors (Lipinski definition) is 0. The summed E-state index contributed by atoms with van der Waals surface area (Å²) < 4.78 is 5.08. The van der Waals surface area contributed by atoms with Crippen LogP contribution in [0.3, 0.4) is 0 Å². The highest BCUT2D eigenvalue weighted by Crippen LogP contribution is 2.23. The molecule has 0 N–H and O–H groups in total. The average molecular weight is 247 g/mol. The van der Waals surface area contributed by atoms with Crippen molar-refractivity contribution < 1.29 is 9.53 Å². The van der Waals surface area contributed by atoms with Gasteiger partial charge in [-0.3, -0.25) is 4.79 Å². The summed E-state index contributed by atoms with van der Waals surface area (Å²) in [7, 11) is 1.59. The van der Waals surface area contributed by atoms with Crippen LogP contribution in [0.1, 0.15) is 38.8 Å². The molecule has 0 radical (unpaired) electrons. The first kappa shape index (κ1) is 14.4. The smallest absolute Gasteiger partial charge is 0.180 e. The van der Waals surface area contributed by atoms with E-state index < -0.39 is 0 Å². The zero-order valence-electron chi connectivity index (χ0n) is 11.5. The third-order valence-corrected chi connectivity index (χ3v) is 2.86. The van der Waals surface area contributed by atoms with Gasteiger partial charge in [0.2, 0.25) is 0 Å². The van der Waals surface area contributed by atoms with Gasteiger partial charge in [0.1, 0.15) is 5.78 Å². The Balaban J connectivity index is 2.93. The summed E-state index contributed by atoms with van der Waals surface area (Å²) in [6.07, 6.45) is 0.419. The lowest BCUT2D eigenvalue weighted by Gasteiger charge is -2.14. The summed E-state index contributed by atoms with van der Waals surface area (Å²) in [4.78, 5) is 16.3.